The van der Waals surface area contributed by atoms with E-state index in [4.69, 9.17) is 9.52 Å². The number of hydrogen-bond acceptors (Lipinski definition) is 3. The van der Waals surface area contributed by atoms with E-state index in [0.717, 1.165) is 5.76 Å². The van der Waals surface area contributed by atoms with Crippen LogP contribution in [0, 0.1) is 12.8 Å². The van der Waals surface area contributed by atoms with E-state index in [0.29, 0.717) is 5.76 Å². The lowest BCUT2D eigenvalue weighted by Crippen LogP contribution is -2.43. The molecule has 1 amide bonds. The number of hydrogen-bond donors (Lipinski definition) is 2. The molecule has 0 bridgehead atoms. The number of carboxylic acids is 1. The van der Waals surface area contributed by atoms with Gasteiger partial charge in [-0.2, -0.15) is 0 Å². The molecule has 18 heavy (non-hydrogen) atoms. The molecule has 0 aliphatic rings. The van der Waals surface area contributed by atoms with Gasteiger partial charge in [-0.05, 0) is 31.1 Å². The lowest BCUT2D eigenvalue weighted by molar-refractivity contribution is -0.142. The van der Waals surface area contributed by atoms with Gasteiger partial charge in [0.25, 0.3) is 0 Å². The first-order valence-corrected chi connectivity index (χ1v) is 5.68. The summed E-state index contributed by atoms with van der Waals surface area (Å²) in [6, 6.07) is 2.63. The Morgan fingerprint density at radius 3 is 2.50 bits per heavy atom. The standard InChI is InChI=1S/C13H17NO4/c1-8(2)12(13(16)17)14-11(15)7-6-10-5-4-9(3)18-10/h4-8,12H,1-3H3,(H,14,15)(H,16,17)/b7-6+/t12-/m0/s1. The Morgan fingerprint density at radius 2 is 2.06 bits per heavy atom. The molecular weight excluding hydrogens is 234 g/mol. The second-order valence-corrected chi connectivity index (χ2v) is 4.35. The second kappa shape index (κ2) is 6.05. The predicted molar refractivity (Wildman–Crippen MR) is 66.9 cm³/mol. The van der Waals surface area contributed by atoms with Crippen LogP contribution in [0.15, 0.2) is 22.6 Å². The third-order valence-electron chi connectivity index (χ3n) is 2.39. The first kappa shape index (κ1) is 14.0. The van der Waals surface area contributed by atoms with Crippen molar-refractivity contribution in [1.82, 2.24) is 5.32 Å². The van der Waals surface area contributed by atoms with Gasteiger partial charge in [0.05, 0.1) is 0 Å². The Morgan fingerprint density at radius 1 is 1.39 bits per heavy atom. The van der Waals surface area contributed by atoms with Gasteiger partial charge in [-0.3, -0.25) is 4.79 Å². The summed E-state index contributed by atoms with van der Waals surface area (Å²) in [7, 11) is 0. The van der Waals surface area contributed by atoms with Crippen molar-refractivity contribution < 1.29 is 19.1 Å². The van der Waals surface area contributed by atoms with Crippen LogP contribution in [-0.4, -0.2) is 23.0 Å². The predicted octanol–water partition coefficient (Wildman–Crippen LogP) is 1.83. The number of carbonyl (C=O) groups is 2. The van der Waals surface area contributed by atoms with Crippen LogP contribution >= 0.6 is 0 Å². The molecule has 1 aromatic heterocycles. The maximum Gasteiger partial charge on any atom is 0.326 e. The maximum atomic E-state index is 11.5. The minimum absolute atomic E-state index is 0.175. The zero-order chi connectivity index (χ0) is 13.7. The van der Waals surface area contributed by atoms with E-state index in [1.807, 2.05) is 0 Å². The topological polar surface area (TPSA) is 79.5 Å². The highest BCUT2D eigenvalue weighted by molar-refractivity contribution is 5.94. The summed E-state index contributed by atoms with van der Waals surface area (Å²) < 4.78 is 5.25. The molecule has 5 heteroatoms. The fraction of sp³-hybridized carbons (Fsp3) is 0.385. The summed E-state index contributed by atoms with van der Waals surface area (Å²) in [4.78, 5) is 22.4. The van der Waals surface area contributed by atoms with Crippen LogP contribution in [0.4, 0.5) is 0 Å². The molecule has 2 N–H and O–H groups in total. The summed E-state index contributed by atoms with van der Waals surface area (Å²) in [5.74, 6) is -0.365. The van der Waals surface area contributed by atoms with Crippen molar-refractivity contribution in [2.45, 2.75) is 26.8 Å². The van der Waals surface area contributed by atoms with E-state index in [1.165, 1.54) is 12.2 Å². The molecule has 0 unspecified atom stereocenters. The van der Waals surface area contributed by atoms with Gasteiger partial charge in [-0.1, -0.05) is 13.8 Å². The van der Waals surface area contributed by atoms with Crippen LogP contribution in [0.5, 0.6) is 0 Å². The first-order chi connectivity index (χ1) is 8.40. The minimum Gasteiger partial charge on any atom is -0.480 e. The van der Waals surface area contributed by atoms with Crippen molar-refractivity contribution in [2.75, 3.05) is 0 Å². The Hall–Kier alpha value is -2.04. The van der Waals surface area contributed by atoms with Crippen molar-refractivity contribution in [3.05, 3.63) is 29.7 Å². The molecule has 5 nitrogen and oxygen atoms in total. The van der Waals surface area contributed by atoms with Gasteiger partial charge in [0.1, 0.15) is 17.6 Å². The van der Waals surface area contributed by atoms with Gasteiger partial charge in [0.15, 0.2) is 0 Å². The monoisotopic (exact) mass is 251 g/mol. The second-order valence-electron chi connectivity index (χ2n) is 4.35. The number of nitrogens with one attached hydrogen (secondary N) is 1. The minimum atomic E-state index is -1.04. The summed E-state index contributed by atoms with van der Waals surface area (Å²) in [5, 5.41) is 11.3. The molecule has 0 aliphatic carbocycles. The lowest BCUT2D eigenvalue weighted by Gasteiger charge is -2.16. The Bertz CT molecular complexity index is 459. The van der Waals surface area contributed by atoms with E-state index in [1.54, 1.807) is 32.9 Å². The molecule has 98 valence electrons. The average Bonchev–Trinajstić information content (AvgIpc) is 2.68. The van der Waals surface area contributed by atoms with Crippen molar-refractivity contribution in [3.8, 4) is 0 Å². The molecule has 0 radical (unpaired) electrons. The first-order valence-electron chi connectivity index (χ1n) is 5.68. The number of furan rings is 1. The van der Waals surface area contributed by atoms with Crippen LogP contribution in [-0.2, 0) is 9.59 Å². The number of rotatable bonds is 5. The van der Waals surface area contributed by atoms with Crippen molar-refractivity contribution in [1.29, 1.82) is 0 Å². The van der Waals surface area contributed by atoms with Crippen molar-refractivity contribution in [2.24, 2.45) is 5.92 Å². The van der Waals surface area contributed by atoms with Crippen LogP contribution < -0.4 is 5.32 Å². The molecule has 0 aliphatic heterocycles. The van der Waals surface area contributed by atoms with Crippen molar-refractivity contribution in [3.63, 3.8) is 0 Å². The molecular formula is C13H17NO4. The number of carboxylic acid groups (broad SMARTS) is 1. The molecule has 0 aromatic carbocycles. The van der Waals surface area contributed by atoms with E-state index < -0.39 is 17.9 Å². The van der Waals surface area contributed by atoms with E-state index in [-0.39, 0.29) is 5.92 Å². The Balaban J connectivity index is 2.60. The van der Waals surface area contributed by atoms with Gasteiger partial charge in [-0.15, -0.1) is 0 Å². The number of aryl methyl sites for hydroxylation is 1. The molecule has 0 saturated carbocycles. The number of aliphatic carboxylic acids is 1. The zero-order valence-corrected chi connectivity index (χ0v) is 10.6. The fourth-order valence-electron chi connectivity index (χ4n) is 1.42. The highest BCUT2D eigenvalue weighted by atomic mass is 16.4. The SMILES string of the molecule is Cc1ccc(/C=C/C(=O)N[C@H](C(=O)O)C(C)C)o1. The van der Waals surface area contributed by atoms with E-state index in [2.05, 4.69) is 5.32 Å². The van der Waals surface area contributed by atoms with Crippen LogP contribution in [0.25, 0.3) is 6.08 Å². The smallest absolute Gasteiger partial charge is 0.326 e. The number of carbonyl (C=O) groups excluding carboxylic acids is 1. The van der Waals surface area contributed by atoms with Gasteiger partial charge < -0.3 is 14.8 Å². The molecule has 1 atom stereocenters. The summed E-state index contributed by atoms with van der Waals surface area (Å²) in [5.41, 5.74) is 0. The quantitative estimate of drug-likeness (QED) is 0.782. The molecule has 0 spiro atoms. The molecule has 0 fully saturated rings. The van der Waals surface area contributed by atoms with Crippen LogP contribution in [0.3, 0.4) is 0 Å². The van der Waals surface area contributed by atoms with Crippen molar-refractivity contribution >= 4 is 18.0 Å². The van der Waals surface area contributed by atoms with Gasteiger partial charge in [0.2, 0.25) is 5.91 Å². The largest absolute Gasteiger partial charge is 0.480 e. The highest BCUT2D eigenvalue weighted by Crippen LogP contribution is 2.08. The average molecular weight is 251 g/mol. The van der Waals surface area contributed by atoms with Gasteiger partial charge >= 0.3 is 5.97 Å². The number of amides is 1. The van der Waals surface area contributed by atoms with Gasteiger partial charge in [0, 0.05) is 6.08 Å². The van der Waals surface area contributed by atoms with E-state index >= 15 is 0 Å². The molecule has 1 aromatic rings. The van der Waals surface area contributed by atoms with E-state index in [9.17, 15) is 9.59 Å². The molecule has 1 rings (SSSR count). The fourth-order valence-corrected chi connectivity index (χ4v) is 1.42. The highest BCUT2D eigenvalue weighted by Gasteiger charge is 2.22. The third-order valence-corrected chi connectivity index (χ3v) is 2.39. The molecule has 1 heterocycles. The summed E-state index contributed by atoms with van der Waals surface area (Å²) in [6.07, 6.45) is 2.76. The third kappa shape index (κ3) is 4.08. The van der Waals surface area contributed by atoms with Crippen LogP contribution in [0.2, 0.25) is 0 Å². The molecule has 0 saturated heterocycles. The van der Waals surface area contributed by atoms with Crippen LogP contribution in [0.1, 0.15) is 25.4 Å². The summed E-state index contributed by atoms with van der Waals surface area (Å²) >= 11 is 0. The normalized spacial score (nSPS) is 12.9. The Kier molecular flexibility index (Phi) is 4.71. The maximum absolute atomic E-state index is 11.5. The lowest BCUT2D eigenvalue weighted by atomic mass is 10.0. The Labute approximate surface area is 105 Å². The summed E-state index contributed by atoms with van der Waals surface area (Å²) in [6.45, 7) is 5.27. The zero-order valence-electron chi connectivity index (χ0n) is 10.6. The van der Waals surface area contributed by atoms with Gasteiger partial charge in [-0.25, -0.2) is 4.79 Å².